The maximum atomic E-state index is 4.88. The summed E-state index contributed by atoms with van der Waals surface area (Å²) in [6.45, 7) is 14.2. The molecule has 62 heavy (non-hydrogen) atoms. The lowest BCUT2D eigenvalue weighted by Gasteiger charge is -2.23. The number of fused-ring (bicyclic) bond motifs is 2. The van der Waals surface area contributed by atoms with Crippen LogP contribution in [0.2, 0.25) is 0 Å². The molecule has 0 aliphatic carbocycles. The highest BCUT2D eigenvalue weighted by Crippen LogP contribution is 2.35. The summed E-state index contributed by atoms with van der Waals surface area (Å²) in [4.78, 5) is 27.8. The van der Waals surface area contributed by atoms with Crippen LogP contribution < -0.4 is 0 Å². The number of hydrogen-bond donors (Lipinski definition) is 0. The lowest BCUT2D eigenvalue weighted by Crippen LogP contribution is -2.18. The summed E-state index contributed by atoms with van der Waals surface area (Å²) in [5, 5.41) is 9.48. The summed E-state index contributed by atoms with van der Waals surface area (Å²) in [6, 6.07) is 25.4. The third kappa shape index (κ3) is 8.58. The molecule has 2 atom stereocenters. The lowest BCUT2D eigenvalue weighted by molar-refractivity contribution is 0.445. The van der Waals surface area contributed by atoms with E-state index in [-0.39, 0.29) is 0 Å². The van der Waals surface area contributed by atoms with Crippen molar-refractivity contribution in [3.05, 3.63) is 178 Å². The predicted octanol–water partition coefficient (Wildman–Crippen LogP) is 9.76. The first-order valence-electron chi connectivity index (χ1n) is 21.5. The van der Waals surface area contributed by atoms with Crippen LogP contribution in [-0.4, -0.2) is 58.6 Å². The van der Waals surface area contributed by atoms with E-state index in [2.05, 4.69) is 93.8 Å². The molecular formula is C50H52N12. The Balaban J connectivity index is 0.000000158. The highest BCUT2D eigenvalue weighted by molar-refractivity contribution is 5.66. The first-order chi connectivity index (χ1) is 30.2. The summed E-state index contributed by atoms with van der Waals surface area (Å²) in [6.07, 6.45) is 20.0. The summed E-state index contributed by atoms with van der Waals surface area (Å²) >= 11 is 0. The van der Waals surface area contributed by atoms with Gasteiger partial charge in [-0.05, 0) is 138 Å². The van der Waals surface area contributed by atoms with Crippen molar-refractivity contribution in [3.63, 3.8) is 0 Å². The molecule has 0 radical (unpaired) electrons. The molecule has 0 saturated heterocycles. The maximum Gasteiger partial charge on any atom is 0.174 e. The number of nitrogens with zero attached hydrogens (tertiary/aromatic N) is 12. The van der Waals surface area contributed by atoms with E-state index in [0.29, 0.717) is 11.8 Å². The molecule has 2 aromatic carbocycles. The second-order valence-corrected chi connectivity index (χ2v) is 16.4. The Morgan fingerprint density at radius 2 is 0.935 bits per heavy atom. The van der Waals surface area contributed by atoms with Crippen LogP contribution in [0.4, 0.5) is 0 Å². The number of aromatic nitrogens is 12. The van der Waals surface area contributed by atoms with Gasteiger partial charge >= 0.3 is 0 Å². The van der Waals surface area contributed by atoms with Crippen LogP contribution in [0.5, 0.6) is 0 Å². The highest BCUT2D eigenvalue weighted by Gasteiger charge is 2.27. The Hall–Kier alpha value is -7.08. The summed E-state index contributed by atoms with van der Waals surface area (Å²) < 4.78 is 8.15. The molecule has 0 N–H and O–H groups in total. The van der Waals surface area contributed by atoms with Gasteiger partial charge in [0.1, 0.15) is 11.6 Å². The third-order valence-corrected chi connectivity index (χ3v) is 11.9. The van der Waals surface area contributed by atoms with Crippen LogP contribution in [0.25, 0.3) is 35.7 Å². The van der Waals surface area contributed by atoms with E-state index < -0.39 is 0 Å². The van der Waals surface area contributed by atoms with E-state index in [4.69, 9.17) is 30.1 Å². The monoisotopic (exact) mass is 820 g/mol. The van der Waals surface area contributed by atoms with Crippen LogP contribution in [0.3, 0.4) is 0 Å². The average molecular weight is 821 g/mol. The Kier molecular flexibility index (Phi) is 11.4. The van der Waals surface area contributed by atoms with Crippen LogP contribution in [0.1, 0.15) is 117 Å². The molecule has 0 fully saturated rings. The van der Waals surface area contributed by atoms with Gasteiger partial charge in [-0.1, -0.05) is 48.5 Å². The molecule has 0 unspecified atom stereocenters. The Morgan fingerprint density at radius 1 is 0.500 bits per heavy atom. The SMILES string of the molecule is Cc1cn(-c2ccc(/C=C/c3nc4n(n3)CCC[C@@H]4c3ccccc3C)nc2C)cn1.Cc1cn(-c2ccc(/C=C/c3nc4n(n3)CCC[C@H]4c3ccccc3C)nc2C)cn1. The highest BCUT2D eigenvalue weighted by atomic mass is 15.4. The third-order valence-electron chi connectivity index (χ3n) is 11.9. The Morgan fingerprint density at radius 3 is 1.32 bits per heavy atom. The molecule has 2 aliphatic rings. The van der Waals surface area contributed by atoms with Crippen molar-refractivity contribution < 1.29 is 0 Å². The van der Waals surface area contributed by atoms with Gasteiger partial charge in [-0.3, -0.25) is 9.97 Å². The van der Waals surface area contributed by atoms with Crippen molar-refractivity contribution in [2.75, 3.05) is 0 Å². The van der Waals surface area contributed by atoms with E-state index in [1.165, 1.54) is 22.3 Å². The molecule has 8 heterocycles. The molecule has 0 amide bonds. The van der Waals surface area contributed by atoms with E-state index in [0.717, 1.165) is 108 Å². The first kappa shape index (κ1) is 40.3. The fraction of sp³-hybridized carbons (Fsp3) is 0.280. The van der Waals surface area contributed by atoms with Gasteiger partial charge in [0, 0.05) is 37.3 Å². The fourth-order valence-corrected chi connectivity index (χ4v) is 8.73. The lowest BCUT2D eigenvalue weighted by atomic mass is 9.88. The maximum absolute atomic E-state index is 4.88. The van der Waals surface area contributed by atoms with Gasteiger partial charge in [0.05, 0.1) is 58.2 Å². The second-order valence-electron chi connectivity index (χ2n) is 16.4. The molecule has 8 aromatic rings. The van der Waals surface area contributed by atoms with E-state index in [1.807, 2.05) is 98.3 Å². The van der Waals surface area contributed by atoms with Gasteiger partial charge in [0.2, 0.25) is 0 Å². The molecule has 10 rings (SSSR count). The van der Waals surface area contributed by atoms with Crippen LogP contribution in [-0.2, 0) is 13.1 Å². The Labute approximate surface area is 362 Å². The number of rotatable bonds is 8. The van der Waals surface area contributed by atoms with Gasteiger partial charge in [0.25, 0.3) is 0 Å². The molecular weight excluding hydrogens is 769 g/mol. The molecule has 312 valence electrons. The van der Waals surface area contributed by atoms with E-state index >= 15 is 0 Å². The van der Waals surface area contributed by atoms with Crippen LogP contribution in [0.15, 0.2) is 97.8 Å². The van der Waals surface area contributed by atoms with Crippen molar-refractivity contribution in [3.8, 4) is 11.4 Å². The normalized spacial score (nSPS) is 16.0. The van der Waals surface area contributed by atoms with E-state index in [1.54, 1.807) is 0 Å². The molecule has 6 aromatic heterocycles. The standard InChI is InChI=1S/2C25H26N6/c2*1-17-7-4-5-8-21(17)22-9-6-14-31-25(22)28-24(29-31)13-11-20-10-12-23(19(3)27-20)30-15-18(2)26-16-30/h2*4-5,7-8,10-13,15-16,22H,6,9,14H2,1-3H3/b2*13-11+/t2*22-/m10/s1. The second kappa shape index (κ2) is 17.5. The minimum absolute atomic E-state index is 0.308. The molecule has 2 aliphatic heterocycles. The zero-order valence-corrected chi connectivity index (χ0v) is 36.3. The van der Waals surface area contributed by atoms with E-state index in [9.17, 15) is 0 Å². The van der Waals surface area contributed by atoms with Crippen molar-refractivity contribution >= 4 is 24.3 Å². The number of hydrogen-bond acceptors (Lipinski definition) is 8. The van der Waals surface area contributed by atoms with Gasteiger partial charge in [-0.2, -0.15) is 10.2 Å². The summed E-state index contributed by atoms with van der Waals surface area (Å²) in [5.74, 6) is 4.23. The molecule has 0 bridgehead atoms. The van der Waals surface area contributed by atoms with Gasteiger partial charge in [0.15, 0.2) is 11.6 Å². The average Bonchev–Trinajstić information content (AvgIpc) is 4.09. The number of benzene rings is 2. The van der Waals surface area contributed by atoms with Crippen LogP contribution >= 0.6 is 0 Å². The molecule has 12 nitrogen and oxygen atoms in total. The van der Waals surface area contributed by atoms with Crippen molar-refractivity contribution in [1.82, 2.24) is 58.6 Å². The Bertz CT molecular complexity index is 2720. The van der Waals surface area contributed by atoms with Crippen LogP contribution in [0, 0.1) is 41.5 Å². The van der Waals surface area contributed by atoms with Crippen molar-refractivity contribution in [2.24, 2.45) is 0 Å². The zero-order chi connectivity index (χ0) is 42.7. The van der Waals surface area contributed by atoms with Crippen molar-refractivity contribution in [1.29, 1.82) is 0 Å². The summed E-state index contributed by atoms with van der Waals surface area (Å²) in [7, 11) is 0. The van der Waals surface area contributed by atoms with Gasteiger partial charge in [-0.25, -0.2) is 29.3 Å². The topological polar surface area (TPSA) is 123 Å². The number of pyridine rings is 2. The largest absolute Gasteiger partial charge is 0.304 e. The zero-order valence-electron chi connectivity index (χ0n) is 36.3. The molecule has 0 saturated carbocycles. The van der Waals surface area contributed by atoms with Gasteiger partial charge in [-0.15, -0.1) is 0 Å². The minimum Gasteiger partial charge on any atom is -0.304 e. The van der Waals surface area contributed by atoms with Gasteiger partial charge < -0.3 is 9.13 Å². The first-order valence-corrected chi connectivity index (χ1v) is 21.5. The smallest absolute Gasteiger partial charge is 0.174 e. The van der Waals surface area contributed by atoms with Crippen molar-refractivity contribution in [2.45, 2.75) is 92.2 Å². The fourth-order valence-electron chi connectivity index (χ4n) is 8.73. The quantitative estimate of drug-likeness (QED) is 0.149. The molecule has 12 heteroatoms. The molecule has 0 spiro atoms. The number of aryl methyl sites for hydroxylation is 8. The number of imidazole rings is 2. The minimum atomic E-state index is 0.308. The predicted molar refractivity (Wildman–Crippen MR) is 244 cm³/mol. The summed E-state index contributed by atoms with van der Waals surface area (Å²) in [5.41, 5.74) is 13.1.